The molecule has 0 aromatic heterocycles. The maximum absolute atomic E-state index is 12.3. The number of nitrogens with zero attached hydrogens (tertiary/aromatic N) is 2. The number of carbonyl (C=O) groups is 2. The van der Waals surface area contributed by atoms with Crippen LogP contribution in [0, 0.1) is 0 Å². The van der Waals surface area contributed by atoms with Gasteiger partial charge in [0.1, 0.15) is 0 Å². The molecule has 0 atom stereocenters. The van der Waals surface area contributed by atoms with E-state index in [2.05, 4.69) is 4.90 Å². The minimum absolute atomic E-state index is 0. The minimum Gasteiger partial charge on any atom is -0.481 e. The van der Waals surface area contributed by atoms with Crippen LogP contribution in [0.15, 0.2) is 24.3 Å². The summed E-state index contributed by atoms with van der Waals surface area (Å²) in [6, 6.07) is 7.45. The molecule has 1 aliphatic rings. The highest BCUT2D eigenvalue weighted by atomic mass is 35.5. The molecule has 7 heteroatoms. The van der Waals surface area contributed by atoms with Crippen LogP contribution in [0.3, 0.4) is 0 Å². The first-order valence-corrected chi connectivity index (χ1v) is 8.39. The van der Waals surface area contributed by atoms with Crippen LogP contribution in [0.4, 0.5) is 0 Å². The van der Waals surface area contributed by atoms with E-state index < -0.39 is 5.97 Å². The summed E-state index contributed by atoms with van der Waals surface area (Å²) in [5.41, 5.74) is 0.871. The number of rotatable bonds is 7. The van der Waals surface area contributed by atoms with Crippen molar-refractivity contribution in [2.24, 2.45) is 0 Å². The van der Waals surface area contributed by atoms with Gasteiger partial charge < -0.3 is 10.0 Å². The molecule has 1 amide bonds. The third kappa shape index (κ3) is 6.67. The zero-order valence-electron chi connectivity index (χ0n) is 13.6. The predicted octanol–water partition coefficient (Wildman–Crippen LogP) is 2.70. The van der Waals surface area contributed by atoms with E-state index in [-0.39, 0.29) is 24.7 Å². The van der Waals surface area contributed by atoms with Crippen molar-refractivity contribution in [2.75, 3.05) is 32.7 Å². The standard InChI is InChI=1S/C17H23ClN2O3.ClH/c18-15-6-2-1-5-14(15)13-16(21)20-11-9-19(10-12-20)8-4-3-7-17(22)23;/h1-2,5-6H,3-4,7-13H2,(H,22,23);1H. The molecule has 0 aliphatic carbocycles. The lowest BCUT2D eigenvalue weighted by Gasteiger charge is -2.34. The molecule has 0 bridgehead atoms. The average molecular weight is 375 g/mol. The summed E-state index contributed by atoms with van der Waals surface area (Å²) < 4.78 is 0. The Balaban J connectivity index is 0.00000288. The van der Waals surface area contributed by atoms with Crippen LogP contribution in [0.2, 0.25) is 5.02 Å². The molecule has 0 saturated carbocycles. The summed E-state index contributed by atoms with van der Waals surface area (Å²) in [6.07, 6.45) is 2.18. The smallest absolute Gasteiger partial charge is 0.303 e. The fraction of sp³-hybridized carbons (Fsp3) is 0.529. The Hall–Kier alpha value is -1.30. The third-order valence-electron chi connectivity index (χ3n) is 4.14. The zero-order valence-corrected chi connectivity index (χ0v) is 15.2. The van der Waals surface area contributed by atoms with E-state index >= 15 is 0 Å². The highest BCUT2D eigenvalue weighted by Crippen LogP contribution is 2.16. The van der Waals surface area contributed by atoms with Crippen molar-refractivity contribution in [2.45, 2.75) is 25.7 Å². The number of amides is 1. The fourth-order valence-electron chi connectivity index (χ4n) is 2.75. The lowest BCUT2D eigenvalue weighted by Crippen LogP contribution is -2.49. The molecule has 0 unspecified atom stereocenters. The van der Waals surface area contributed by atoms with Gasteiger partial charge in [-0.3, -0.25) is 14.5 Å². The monoisotopic (exact) mass is 374 g/mol. The second kappa shape index (κ2) is 10.5. The van der Waals surface area contributed by atoms with Crippen LogP contribution in [-0.2, 0) is 16.0 Å². The van der Waals surface area contributed by atoms with Crippen molar-refractivity contribution in [3.8, 4) is 0 Å². The molecule has 1 aromatic carbocycles. The first-order chi connectivity index (χ1) is 11.1. The zero-order chi connectivity index (χ0) is 16.7. The molecule has 1 heterocycles. The maximum atomic E-state index is 12.3. The molecule has 24 heavy (non-hydrogen) atoms. The first-order valence-electron chi connectivity index (χ1n) is 8.01. The lowest BCUT2D eigenvalue weighted by molar-refractivity contribution is -0.137. The number of hydrogen-bond acceptors (Lipinski definition) is 3. The molecule has 1 aromatic rings. The van der Waals surface area contributed by atoms with Crippen molar-refractivity contribution in [1.29, 1.82) is 0 Å². The van der Waals surface area contributed by atoms with Crippen LogP contribution in [-0.4, -0.2) is 59.5 Å². The first kappa shape index (κ1) is 20.7. The van der Waals surface area contributed by atoms with Gasteiger partial charge in [-0.2, -0.15) is 0 Å². The number of benzene rings is 1. The van der Waals surface area contributed by atoms with Crippen LogP contribution in [0.5, 0.6) is 0 Å². The number of hydrogen-bond donors (Lipinski definition) is 1. The Bertz CT molecular complexity index is 546. The Morgan fingerprint density at radius 1 is 1.08 bits per heavy atom. The van der Waals surface area contributed by atoms with E-state index in [1.165, 1.54) is 0 Å². The molecule has 1 N–H and O–H groups in total. The fourth-order valence-corrected chi connectivity index (χ4v) is 2.95. The molecule has 1 aliphatic heterocycles. The number of piperazine rings is 1. The quantitative estimate of drug-likeness (QED) is 0.745. The van der Waals surface area contributed by atoms with E-state index in [1.54, 1.807) is 6.07 Å². The Morgan fingerprint density at radius 2 is 1.75 bits per heavy atom. The molecule has 1 saturated heterocycles. The average Bonchev–Trinajstić information content (AvgIpc) is 2.54. The summed E-state index contributed by atoms with van der Waals surface area (Å²) in [5, 5.41) is 9.26. The van der Waals surface area contributed by atoms with Crippen molar-refractivity contribution in [1.82, 2.24) is 9.80 Å². The SMILES string of the molecule is Cl.O=C(O)CCCCN1CCN(C(=O)Cc2ccccc2Cl)CC1. The number of carboxylic acid groups (broad SMARTS) is 1. The second-order valence-corrected chi connectivity index (χ2v) is 6.25. The highest BCUT2D eigenvalue weighted by Gasteiger charge is 2.21. The van der Waals surface area contributed by atoms with Crippen molar-refractivity contribution >= 4 is 35.9 Å². The summed E-state index contributed by atoms with van der Waals surface area (Å²) in [6.45, 7) is 4.05. The number of carboxylic acids is 1. The van der Waals surface area contributed by atoms with E-state index in [1.807, 2.05) is 23.1 Å². The number of halogens is 2. The van der Waals surface area contributed by atoms with Crippen LogP contribution in [0.25, 0.3) is 0 Å². The van der Waals surface area contributed by atoms with E-state index in [9.17, 15) is 9.59 Å². The van der Waals surface area contributed by atoms with Gasteiger partial charge >= 0.3 is 5.97 Å². The van der Waals surface area contributed by atoms with Gasteiger partial charge in [0.25, 0.3) is 0 Å². The Kier molecular flexibility index (Phi) is 9.11. The summed E-state index contributed by atoms with van der Waals surface area (Å²) >= 11 is 6.10. The topological polar surface area (TPSA) is 60.9 Å². The molecule has 134 valence electrons. The van der Waals surface area contributed by atoms with Crippen LogP contribution >= 0.6 is 24.0 Å². The van der Waals surface area contributed by atoms with E-state index in [0.717, 1.165) is 44.7 Å². The van der Waals surface area contributed by atoms with Gasteiger partial charge in [0.15, 0.2) is 0 Å². The van der Waals surface area contributed by atoms with Crippen molar-refractivity contribution < 1.29 is 14.7 Å². The normalized spacial score (nSPS) is 15.0. The van der Waals surface area contributed by atoms with Crippen molar-refractivity contribution in [3.05, 3.63) is 34.9 Å². The maximum Gasteiger partial charge on any atom is 0.303 e. The Morgan fingerprint density at radius 3 is 2.38 bits per heavy atom. The summed E-state index contributed by atoms with van der Waals surface area (Å²) in [5.74, 6) is -0.622. The predicted molar refractivity (Wildman–Crippen MR) is 96.9 cm³/mol. The van der Waals surface area contributed by atoms with Gasteiger partial charge in [-0.1, -0.05) is 29.8 Å². The summed E-state index contributed by atoms with van der Waals surface area (Å²) in [4.78, 5) is 27.0. The third-order valence-corrected chi connectivity index (χ3v) is 4.51. The largest absolute Gasteiger partial charge is 0.481 e. The molecule has 2 rings (SSSR count). The second-order valence-electron chi connectivity index (χ2n) is 5.84. The lowest BCUT2D eigenvalue weighted by atomic mass is 10.1. The van der Waals surface area contributed by atoms with Gasteiger partial charge in [0.05, 0.1) is 6.42 Å². The van der Waals surface area contributed by atoms with Gasteiger partial charge in [-0.25, -0.2) is 0 Å². The van der Waals surface area contributed by atoms with Crippen molar-refractivity contribution in [3.63, 3.8) is 0 Å². The number of aliphatic carboxylic acids is 1. The molecular weight excluding hydrogens is 351 g/mol. The minimum atomic E-state index is -0.736. The van der Waals surface area contributed by atoms with E-state index in [0.29, 0.717) is 17.9 Å². The van der Waals surface area contributed by atoms with Gasteiger partial charge in [0.2, 0.25) is 5.91 Å². The molecule has 0 spiro atoms. The molecular formula is C17H24Cl2N2O3. The molecule has 5 nitrogen and oxygen atoms in total. The van der Waals surface area contributed by atoms with Gasteiger partial charge in [-0.15, -0.1) is 12.4 Å². The molecule has 1 fully saturated rings. The summed E-state index contributed by atoms with van der Waals surface area (Å²) in [7, 11) is 0. The number of unbranched alkanes of at least 4 members (excludes halogenated alkanes) is 1. The highest BCUT2D eigenvalue weighted by molar-refractivity contribution is 6.31. The van der Waals surface area contributed by atoms with Crippen LogP contribution < -0.4 is 0 Å². The molecule has 0 radical (unpaired) electrons. The van der Waals surface area contributed by atoms with E-state index in [4.69, 9.17) is 16.7 Å². The van der Waals surface area contributed by atoms with Gasteiger partial charge in [0, 0.05) is 37.6 Å². The van der Waals surface area contributed by atoms with Gasteiger partial charge in [-0.05, 0) is 31.0 Å². The number of carbonyl (C=O) groups excluding carboxylic acids is 1. The Labute approximate surface area is 154 Å². The van der Waals surface area contributed by atoms with Crippen LogP contribution in [0.1, 0.15) is 24.8 Å².